The smallest absolute Gasteiger partial charge is 0.191 e. The average Bonchev–Trinajstić information content (AvgIpc) is 3.08. The molecule has 0 aliphatic heterocycles. The van der Waals surface area contributed by atoms with E-state index in [9.17, 15) is 4.39 Å². The van der Waals surface area contributed by atoms with E-state index in [-0.39, 0.29) is 5.02 Å². The molecule has 0 saturated heterocycles. The van der Waals surface area contributed by atoms with Crippen LogP contribution in [0.1, 0.15) is 49.6 Å². The van der Waals surface area contributed by atoms with Gasteiger partial charge in [0.05, 0.1) is 17.3 Å². The van der Waals surface area contributed by atoms with E-state index in [2.05, 4.69) is 34.6 Å². The maximum atomic E-state index is 13.2. The van der Waals surface area contributed by atoms with Gasteiger partial charge in [0, 0.05) is 25.6 Å². The Balaban J connectivity index is 1.87. The van der Waals surface area contributed by atoms with Crippen LogP contribution in [0.5, 0.6) is 0 Å². The Morgan fingerprint density at radius 3 is 2.60 bits per heavy atom. The monoisotopic (exact) mass is 366 g/mol. The van der Waals surface area contributed by atoms with Crippen LogP contribution in [0, 0.1) is 5.82 Å². The molecule has 0 aliphatic carbocycles. The first-order chi connectivity index (χ1) is 12.1. The summed E-state index contributed by atoms with van der Waals surface area (Å²) in [6.45, 7) is 5.26. The molecule has 25 heavy (non-hydrogen) atoms. The van der Waals surface area contributed by atoms with Crippen molar-refractivity contribution in [1.82, 2.24) is 15.8 Å². The molecule has 0 spiro atoms. The standard InChI is InChI=1S/C18H24ClFN4O/c1-4-13(5-2)17-9-14(25-24-17)11-23-18(21-3)22-10-12-6-7-16(20)15(19)8-12/h6-9,13H,4-5,10-11H2,1-3H3,(H2,21,22,23). The van der Waals surface area contributed by atoms with Gasteiger partial charge in [-0.2, -0.15) is 0 Å². The molecule has 2 N–H and O–H groups in total. The molecule has 0 radical (unpaired) electrons. The van der Waals surface area contributed by atoms with Crippen LogP contribution in [0.15, 0.2) is 33.8 Å². The second-order valence-electron chi connectivity index (χ2n) is 5.76. The fourth-order valence-electron chi connectivity index (χ4n) is 2.54. The lowest BCUT2D eigenvalue weighted by Gasteiger charge is -2.11. The predicted octanol–water partition coefficient (Wildman–Crippen LogP) is 4.24. The Labute approximate surface area is 152 Å². The lowest BCUT2D eigenvalue weighted by molar-refractivity contribution is 0.368. The summed E-state index contributed by atoms with van der Waals surface area (Å²) in [6.07, 6.45) is 2.08. The summed E-state index contributed by atoms with van der Waals surface area (Å²) in [6, 6.07) is 6.61. The number of aliphatic imine (C=N–C) groups is 1. The van der Waals surface area contributed by atoms with E-state index < -0.39 is 5.82 Å². The second-order valence-corrected chi connectivity index (χ2v) is 6.17. The third kappa shape index (κ3) is 5.46. The molecule has 2 aromatic rings. The minimum Gasteiger partial charge on any atom is -0.359 e. The summed E-state index contributed by atoms with van der Waals surface area (Å²) in [5.41, 5.74) is 1.86. The van der Waals surface area contributed by atoms with Crippen LogP contribution >= 0.6 is 11.6 Å². The first kappa shape index (κ1) is 19.2. The molecule has 1 aromatic carbocycles. The van der Waals surface area contributed by atoms with Crippen molar-refractivity contribution in [1.29, 1.82) is 0 Å². The Kier molecular flexibility index (Phi) is 7.25. The van der Waals surface area contributed by atoms with Crippen molar-refractivity contribution in [2.45, 2.75) is 45.7 Å². The van der Waals surface area contributed by atoms with E-state index in [1.165, 1.54) is 6.07 Å². The summed E-state index contributed by atoms with van der Waals surface area (Å²) in [5, 5.41) is 10.6. The van der Waals surface area contributed by atoms with Gasteiger partial charge in [-0.3, -0.25) is 4.99 Å². The second kappa shape index (κ2) is 9.42. The normalized spacial score (nSPS) is 11.8. The van der Waals surface area contributed by atoms with E-state index in [4.69, 9.17) is 16.1 Å². The number of nitrogens with one attached hydrogen (secondary N) is 2. The Hall–Kier alpha value is -2.08. The van der Waals surface area contributed by atoms with E-state index in [1.54, 1.807) is 19.2 Å². The van der Waals surface area contributed by atoms with Gasteiger partial charge in [0.1, 0.15) is 5.82 Å². The van der Waals surface area contributed by atoms with Crippen molar-refractivity contribution < 1.29 is 8.91 Å². The molecule has 0 bridgehead atoms. The van der Waals surface area contributed by atoms with Crippen LogP contribution in [0.4, 0.5) is 4.39 Å². The van der Waals surface area contributed by atoms with Gasteiger partial charge in [0.15, 0.2) is 11.7 Å². The lowest BCUT2D eigenvalue weighted by Crippen LogP contribution is -2.36. The summed E-state index contributed by atoms with van der Waals surface area (Å²) in [7, 11) is 1.68. The number of rotatable bonds is 7. The SMILES string of the molecule is CCC(CC)c1cc(CNC(=NC)NCc2ccc(F)c(Cl)c2)on1. The molecule has 1 aromatic heterocycles. The minimum atomic E-state index is -0.425. The number of hydrogen-bond acceptors (Lipinski definition) is 3. The van der Waals surface area contributed by atoms with Gasteiger partial charge >= 0.3 is 0 Å². The molecule has 0 atom stereocenters. The van der Waals surface area contributed by atoms with Crippen molar-refractivity contribution >= 4 is 17.6 Å². The molecular weight excluding hydrogens is 343 g/mol. The maximum absolute atomic E-state index is 13.2. The molecule has 0 fully saturated rings. The van der Waals surface area contributed by atoms with Crippen LogP contribution in [-0.4, -0.2) is 18.2 Å². The highest BCUT2D eigenvalue weighted by atomic mass is 35.5. The zero-order valence-electron chi connectivity index (χ0n) is 14.8. The molecule has 0 amide bonds. The van der Waals surface area contributed by atoms with Crippen molar-refractivity contribution in [3.63, 3.8) is 0 Å². The van der Waals surface area contributed by atoms with Crippen molar-refractivity contribution in [2.75, 3.05) is 7.05 Å². The Morgan fingerprint density at radius 2 is 1.96 bits per heavy atom. The van der Waals surface area contributed by atoms with Crippen LogP contribution < -0.4 is 10.6 Å². The number of benzene rings is 1. The first-order valence-corrected chi connectivity index (χ1v) is 8.79. The minimum absolute atomic E-state index is 0.109. The molecule has 7 heteroatoms. The van der Waals surface area contributed by atoms with Gasteiger partial charge in [0.2, 0.25) is 0 Å². The zero-order valence-corrected chi connectivity index (χ0v) is 15.5. The quantitative estimate of drug-likeness (QED) is 0.568. The van der Waals surface area contributed by atoms with Crippen molar-refractivity contribution in [3.05, 3.63) is 52.1 Å². The van der Waals surface area contributed by atoms with Crippen LogP contribution in [-0.2, 0) is 13.1 Å². The molecule has 0 unspecified atom stereocenters. The molecule has 136 valence electrons. The van der Waals surface area contributed by atoms with Gasteiger partial charge in [-0.25, -0.2) is 4.39 Å². The molecule has 5 nitrogen and oxygen atoms in total. The molecule has 1 heterocycles. The third-order valence-electron chi connectivity index (χ3n) is 4.08. The lowest BCUT2D eigenvalue weighted by atomic mass is 9.99. The number of hydrogen-bond donors (Lipinski definition) is 2. The summed E-state index contributed by atoms with van der Waals surface area (Å²) < 4.78 is 18.6. The maximum Gasteiger partial charge on any atom is 0.191 e. The van der Waals surface area contributed by atoms with E-state index in [0.29, 0.717) is 25.0 Å². The summed E-state index contributed by atoms with van der Waals surface area (Å²) in [5.74, 6) is 1.38. The predicted molar refractivity (Wildman–Crippen MR) is 98.3 cm³/mol. The summed E-state index contributed by atoms with van der Waals surface area (Å²) in [4.78, 5) is 4.16. The van der Waals surface area contributed by atoms with E-state index >= 15 is 0 Å². The van der Waals surface area contributed by atoms with Gasteiger partial charge in [0.25, 0.3) is 0 Å². The van der Waals surface area contributed by atoms with Gasteiger partial charge in [-0.05, 0) is 30.5 Å². The highest BCUT2D eigenvalue weighted by Gasteiger charge is 2.13. The van der Waals surface area contributed by atoms with Crippen LogP contribution in [0.2, 0.25) is 5.02 Å². The largest absolute Gasteiger partial charge is 0.359 e. The number of halogens is 2. The Bertz CT molecular complexity index is 713. The van der Waals surface area contributed by atoms with Crippen LogP contribution in [0.25, 0.3) is 0 Å². The highest BCUT2D eigenvalue weighted by Crippen LogP contribution is 2.22. The molecule has 2 rings (SSSR count). The van der Waals surface area contributed by atoms with Crippen molar-refractivity contribution in [3.8, 4) is 0 Å². The van der Waals surface area contributed by atoms with Crippen molar-refractivity contribution in [2.24, 2.45) is 4.99 Å². The zero-order chi connectivity index (χ0) is 18.2. The van der Waals surface area contributed by atoms with Crippen LogP contribution in [0.3, 0.4) is 0 Å². The highest BCUT2D eigenvalue weighted by molar-refractivity contribution is 6.30. The first-order valence-electron chi connectivity index (χ1n) is 8.41. The van der Waals surface area contributed by atoms with E-state index in [0.717, 1.165) is 29.9 Å². The Morgan fingerprint density at radius 1 is 1.24 bits per heavy atom. The summed E-state index contributed by atoms with van der Waals surface area (Å²) >= 11 is 5.79. The average molecular weight is 367 g/mol. The molecule has 0 saturated carbocycles. The number of guanidine groups is 1. The topological polar surface area (TPSA) is 62.5 Å². The van der Waals surface area contributed by atoms with Gasteiger partial charge in [-0.1, -0.05) is 36.7 Å². The fourth-order valence-corrected chi connectivity index (χ4v) is 2.74. The van der Waals surface area contributed by atoms with Gasteiger partial charge < -0.3 is 15.2 Å². The fraction of sp³-hybridized carbons (Fsp3) is 0.444. The van der Waals surface area contributed by atoms with Gasteiger partial charge in [-0.15, -0.1) is 0 Å². The third-order valence-corrected chi connectivity index (χ3v) is 4.37. The number of aromatic nitrogens is 1. The number of nitrogens with zero attached hydrogens (tertiary/aromatic N) is 2. The van der Waals surface area contributed by atoms with E-state index in [1.807, 2.05) is 6.07 Å². The molecular formula is C18H24ClFN4O. The molecule has 0 aliphatic rings.